The van der Waals surface area contributed by atoms with E-state index in [1.54, 1.807) is 4.90 Å². The second-order valence-corrected chi connectivity index (χ2v) is 5.91. The highest BCUT2D eigenvalue weighted by Crippen LogP contribution is 2.22. The minimum atomic E-state index is -0.150. The molecule has 0 radical (unpaired) electrons. The van der Waals surface area contributed by atoms with Crippen LogP contribution in [0, 0.1) is 0 Å². The van der Waals surface area contributed by atoms with Crippen molar-refractivity contribution in [2.75, 3.05) is 23.3 Å². The fourth-order valence-electron chi connectivity index (χ4n) is 3.06. The zero-order valence-electron chi connectivity index (χ0n) is 13.5. The van der Waals surface area contributed by atoms with E-state index < -0.39 is 0 Å². The first kappa shape index (κ1) is 15.2. The molecular formula is C20H17N3O2. The Morgan fingerprint density at radius 3 is 2.48 bits per heavy atom. The summed E-state index contributed by atoms with van der Waals surface area (Å²) in [6.45, 7) is 1.30. The van der Waals surface area contributed by atoms with Gasteiger partial charge in [0.15, 0.2) is 0 Å². The standard InChI is InChI=1S/C20H17N3O2/c24-19(18-7-3-5-14-4-1-2-6-17(14)18)22-15-8-10-16(11-9-15)23-13-12-21-20(23)25/h1-11H,12-13H2,(H,21,25)(H,22,24). The van der Waals surface area contributed by atoms with Crippen LogP contribution in [0.15, 0.2) is 66.7 Å². The van der Waals surface area contributed by atoms with Crippen molar-refractivity contribution in [3.63, 3.8) is 0 Å². The zero-order chi connectivity index (χ0) is 17.2. The van der Waals surface area contributed by atoms with Crippen molar-refractivity contribution in [1.82, 2.24) is 5.32 Å². The van der Waals surface area contributed by atoms with Crippen LogP contribution in [0.2, 0.25) is 0 Å². The Morgan fingerprint density at radius 2 is 1.72 bits per heavy atom. The minimum absolute atomic E-state index is 0.0902. The molecule has 1 aliphatic rings. The monoisotopic (exact) mass is 331 g/mol. The summed E-state index contributed by atoms with van der Waals surface area (Å²) < 4.78 is 0. The Balaban J connectivity index is 1.55. The van der Waals surface area contributed by atoms with Crippen molar-refractivity contribution in [1.29, 1.82) is 0 Å². The van der Waals surface area contributed by atoms with Gasteiger partial charge in [0.2, 0.25) is 0 Å². The van der Waals surface area contributed by atoms with Crippen molar-refractivity contribution < 1.29 is 9.59 Å². The summed E-state index contributed by atoms with van der Waals surface area (Å²) >= 11 is 0. The Hall–Kier alpha value is -3.34. The van der Waals surface area contributed by atoms with Crippen LogP contribution >= 0.6 is 0 Å². The van der Waals surface area contributed by atoms with Gasteiger partial charge in [-0.15, -0.1) is 0 Å². The Bertz CT molecular complexity index is 945. The molecule has 124 valence electrons. The average molecular weight is 331 g/mol. The molecule has 0 bridgehead atoms. The normalized spacial score (nSPS) is 13.8. The highest BCUT2D eigenvalue weighted by molar-refractivity contribution is 6.13. The largest absolute Gasteiger partial charge is 0.336 e. The van der Waals surface area contributed by atoms with Gasteiger partial charge in [0.25, 0.3) is 5.91 Å². The van der Waals surface area contributed by atoms with Crippen LogP contribution in [0.1, 0.15) is 10.4 Å². The number of hydrogen-bond donors (Lipinski definition) is 2. The molecule has 1 heterocycles. The van der Waals surface area contributed by atoms with Crippen molar-refractivity contribution in [3.05, 3.63) is 72.3 Å². The molecule has 0 aromatic heterocycles. The van der Waals surface area contributed by atoms with Gasteiger partial charge in [0.1, 0.15) is 0 Å². The first-order valence-electron chi connectivity index (χ1n) is 8.17. The van der Waals surface area contributed by atoms with Crippen LogP contribution in [0.4, 0.5) is 16.2 Å². The Morgan fingerprint density at radius 1 is 0.960 bits per heavy atom. The van der Waals surface area contributed by atoms with Gasteiger partial charge in [0, 0.05) is 30.0 Å². The average Bonchev–Trinajstić information content (AvgIpc) is 3.08. The van der Waals surface area contributed by atoms with Crippen LogP contribution in [0.25, 0.3) is 10.8 Å². The third kappa shape index (κ3) is 2.92. The van der Waals surface area contributed by atoms with Crippen molar-refractivity contribution in [2.24, 2.45) is 0 Å². The maximum absolute atomic E-state index is 12.6. The number of rotatable bonds is 3. The molecule has 3 aromatic rings. The van der Waals surface area contributed by atoms with E-state index in [0.29, 0.717) is 24.3 Å². The molecule has 3 aromatic carbocycles. The van der Waals surface area contributed by atoms with E-state index in [4.69, 9.17) is 0 Å². The predicted octanol–water partition coefficient (Wildman–Crippen LogP) is 3.62. The van der Waals surface area contributed by atoms with E-state index >= 15 is 0 Å². The quantitative estimate of drug-likeness (QED) is 0.770. The van der Waals surface area contributed by atoms with E-state index in [2.05, 4.69) is 10.6 Å². The fraction of sp³-hybridized carbons (Fsp3) is 0.100. The zero-order valence-corrected chi connectivity index (χ0v) is 13.5. The summed E-state index contributed by atoms with van der Waals surface area (Å²) in [6, 6.07) is 20.7. The molecule has 1 fully saturated rings. The lowest BCUT2D eigenvalue weighted by Crippen LogP contribution is -2.27. The number of carbonyl (C=O) groups is 2. The minimum Gasteiger partial charge on any atom is -0.336 e. The lowest BCUT2D eigenvalue weighted by molar-refractivity contribution is 0.102. The molecule has 4 rings (SSSR count). The molecule has 3 amide bonds. The number of benzene rings is 3. The number of anilines is 2. The smallest absolute Gasteiger partial charge is 0.321 e. The van der Waals surface area contributed by atoms with Gasteiger partial charge in [-0.05, 0) is 41.1 Å². The number of fused-ring (bicyclic) bond motifs is 1. The molecular weight excluding hydrogens is 314 g/mol. The van der Waals surface area contributed by atoms with Crippen molar-refractivity contribution in [2.45, 2.75) is 0 Å². The maximum atomic E-state index is 12.6. The molecule has 0 aliphatic carbocycles. The lowest BCUT2D eigenvalue weighted by Gasteiger charge is -2.15. The van der Waals surface area contributed by atoms with E-state index in [0.717, 1.165) is 16.5 Å². The molecule has 25 heavy (non-hydrogen) atoms. The molecule has 0 spiro atoms. The Labute approximate surface area is 145 Å². The predicted molar refractivity (Wildman–Crippen MR) is 99.1 cm³/mol. The van der Waals surface area contributed by atoms with Crippen LogP contribution in [0.3, 0.4) is 0 Å². The number of urea groups is 1. The van der Waals surface area contributed by atoms with Crippen LogP contribution in [-0.2, 0) is 0 Å². The third-order valence-corrected chi connectivity index (χ3v) is 4.33. The molecule has 2 N–H and O–H groups in total. The molecule has 1 aliphatic heterocycles. The van der Waals surface area contributed by atoms with E-state index in [-0.39, 0.29) is 11.9 Å². The van der Waals surface area contributed by atoms with E-state index in [1.165, 1.54) is 0 Å². The SMILES string of the molecule is O=C(Nc1ccc(N2CCNC2=O)cc1)c1cccc2ccccc12. The first-order chi connectivity index (χ1) is 12.2. The van der Waals surface area contributed by atoms with Crippen molar-refractivity contribution >= 4 is 34.1 Å². The van der Waals surface area contributed by atoms with Gasteiger partial charge in [-0.2, -0.15) is 0 Å². The molecule has 1 saturated heterocycles. The van der Waals surface area contributed by atoms with Crippen LogP contribution < -0.4 is 15.5 Å². The summed E-state index contributed by atoms with van der Waals surface area (Å²) in [5, 5.41) is 7.65. The highest BCUT2D eigenvalue weighted by Gasteiger charge is 2.20. The molecule has 0 unspecified atom stereocenters. The highest BCUT2D eigenvalue weighted by atomic mass is 16.2. The number of nitrogens with one attached hydrogen (secondary N) is 2. The summed E-state index contributed by atoms with van der Waals surface area (Å²) in [5.74, 6) is -0.150. The number of hydrogen-bond acceptors (Lipinski definition) is 2. The third-order valence-electron chi connectivity index (χ3n) is 4.33. The van der Waals surface area contributed by atoms with Crippen LogP contribution in [0.5, 0.6) is 0 Å². The molecule has 0 atom stereocenters. The number of carbonyl (C=O) groups excluding carboxylic acids is 2. The fourth-order valence-corrected chi connectivity index (χ4v) is 3.06. The van der Waals surface area contributed by atoms with Gasteiger partial charge in [-0.3, -0.25) is 9.69 Å². The van der Waals surface area contributed by atoms with Gasteiger partial charge in [-0.25, -0.2) is 4.79 Å². The van der Waals surface area contributed by atoms with Gasteiger partial charge >= 0.3 is 6.03 Å². The van der Waals surface area contributed by atoms with Gasteiger partial charge in [-0.1, -0.05) is 36.4 Å². The Kier molecular flexibility index (Phi) is 3.82. The first-order valence-corrected chi connectivity index (χ1v) is 8.17. The lowest BCUT2D eigenvalue weighted by atomic mass is 10.0. The molecule has 0 saturated carbocycles. The number of amides is 3. The summed E-state index contributed by atoms with van der Waals surface area (Å²) in [7, 11) is 0. The summed E-state index contributed by atoms with van der Waals surface area (Å²) in [4.78, 5) is 26.0. The van der Waals surface area contributed by atoms with Crippen LogP contribution in [-0.4, -0.2) is 25.0 Å². The summed E-state index contributed by atoms with van der Waals surface area (Å²) in [5.41, 5.74) is 2.15. The second-order valence-electron chi connectivity index (χ2n) is 5.91. The molecule has 5 heteroatoms. The van der Waals surface area contributed by atoms with Gasteiger partial charge in [0.05, 0.1) is 0 Å². The van der Waals surface area contributed by atoms with Crippen molar-refractivity contribution in [3.8, 4) is 0 Å². The number of nitrogens with zero attached hydrogens (tertiary/aromatic N) is 1. The molecule has 5 nitrogen and oxygen atoms in total. The maximum Gasteiger partial charge on any atom is 0.321 e. The summed E-state index contributed by atoms with van der Waals surface area (Å²) in [6.07, 6.45) is 0. The van der Waals surface area contributed by atoms with Gasteiger partial charge < -0.3 is 10.6 Å². The topological polar surface area (TPSA) is 61.4 Å². The second kappa shape index (κ2) is 6.28. The van der Waals surface area contributed by atoms with E-state index in [1.807, 2.05) is 66.7 Å². The van der Waals surface area contributed by atoms with E-state index in [9.17, 15) is 9.59 Å².